The highest BCUT2D eigenvalue weighted by atomic mass is 35.5. The van der Waals surface area contributed by atoms with Gasteiger partial charge in [-0.3, -0.25) is 9.36 Å². The van der Waals surface area contributed by atoms with Gasteiger partial charge in [-0.2, -0.15) is 0 Å². The highest BCUT2D eigenvalue weighted by Gasteiger charge is 2.19. The first-order chi connectivity index (χ1) is 14.5. The Morgan fingerprint density at radius 1 is 1.03 bits per heavy atom. The number of amides is 1. The highest BCUT2D eigenvalue weighted by Crippen LogP contribution is 2.26. The lowest BCUT2D eigenvalue weighted by Crippen LogP contribution is -2.22. The van der Waals surface area contributed by atoms with Gasteiger partial charge in [0.05, 0.1) is 12.3 Å². The summed E-state index contributed by atoms with van der Waals surface area (Å²) < 4.78 is 12.5. The lowest BCUT2D eigenvalue weighted by Gasteiger charge is -2.17. The topological polar surface area (TPSA) is 78.3 Å². The van der Waals surface area contributed by atoms with E-state index in [4.69, 9.17) is 32.7 Å². The number of ether oxygens (including phenoxy) is 2. The van der Waals surface area contributed by atoms with E-state index in [2.05, 4.69) is 15.5 Å². The van der Waals surface area contributed by atoms with E-state index in [1.165, 1.54) is 11.8 Å². The van der Waals surface area contributed by atoms with Crippen LogP contribution in [-0.4, -0.2) is 46.9 Å². The van der Waals surface area contributed by atoms with Gasteiger partial charge in [0.2, 0.25) is 5.91 Å². The third-order valence-electron chi connectivity index (χ3n) is 4.14. The monoisotopic (exact) mass is 466 g/mol. The zero-order chi connectivity index (χ0) is 21.5. The molecule has 0 atom stereocenters. The maximum absolute atomic E-state index is 12.3. The first kappa shape index (κ1) is 22.6. The molecule has 30 heavy (non-hydrogen) atoms. The zero-order valence-corrected chi connectivity index (χ0v) is 18.7. The molecule has 10 heteroatoms. The molecule has 0 fully saturated rings. The first-order valence-corrected chi connectivity index (χ1v) is 10.7. The van der Waals surface area contributed by atoms with E-state index in [-0.39, 0.29) is 11.7 Å². The van der Waals surface area contributed by atoms with Crippen LogP contribution in [0, 0.1) is 0 Å². The summed E-state index contributed by atoms with van der Waals surface area (Å²) >= 11 is 13.1. The molecule has 0 aliphatic heterocycles. The largest absolute Gasteiger partial charge is 0.354 e. The summed E-state index contributed by atoms with van der Waals surface area (Å²) in [6.45, 7) is 0.360. The average Bonchev–Trinajstić information content (AvgIpc) is 3.15. The molecule has 0 saturated heterocycles. The molecule has 1 aromatic heterocycles. The van der Waals surface area contributed by atoms with Gasteiger partial charge in [0.25, 0.3) is 0 Å². The molecule has 0 spiro atoms. The van der Waals surface area contributed by atoms with Crippen molar-refractivity contribution in [2.75, 3.05) is 25.3 Å². The standard InChI is InChI=1S/C20H20Cl2N4O3S/c1-28-18(29-2)11-26-19(13-3-5-14(21)6-4-13)24-25-20(26)30-12-17(27)23-16-9-7-15(22)8-10-16/h3-10,18H,11-12H2,1-2H3,(H,23,27). The Hall–Kier alpha value is -2.10. The van der Waals surface area contributed by atoms with Crippen LogP contribution in [0.5, 0.6) is 0 Å². The predicted octanol–water partition coefficient (Wildman–Crippen LogP) is 4.60. The lowest BCUT2D eigenvalue weighted by atomic mass is 10.2. The van der Waals surface area contributed by atoms with E-state index in [9.17, 15) is 4.79 Å². The summed E-state index contributed by atoms with van der Waals surface area (Å²) in [5, 5.41) is 13.2. The molecule has 7 nitrogen and oxygen atoms in total. The first-order valence-electron chi connectivity index (χ1n) is 8.93. The number of nitrogens with zero attached hydrogens (tertiary/aromatic N) is 3. The van der Waals surface area contributed by atoms with Gasteiger partial charge in [0, 0.05) is 35.5 Å². The van der Waals surface area contributed by atoms with Gasteiger partial charge in [0.1, 0.15) is 0 Å². The molecular formula is C20H20Cl2N4O3S. The Kier molecular flexibility index (Phi) is 8.12. The van der Waals surface area contributed by atoms with E-state index < -0.39 is 6.29 Å². The number of benzene rings is 2. The number of methoxy groups -OCH3 is 2. The van der Waals surface area contributed by atoms with Crippen molar-refractivity contribution >= 4 is 46.6 Å². The van der Waals surface area contributed by atoms with Crippen LogP contribution < -0.4 is 5.32 Å². The fraction of sp³-hybridized carbons (Fsp3) is 0.250. The molecule has 0 bridgehead atoms. The fourth-order valence-electron chi connectivity index (χ4n) is 2.63. The summed E-state index contributed by atoms with van der Waals surface area (Å²) in [5.41, 5.74) is 1.52. The fourth-order valence-corrected chi connectivity index (χ4v) is 3.63. The zero-order valence-electron chi connectivity index (χ0n) is 16.3. The SMILES string of the molecule is COC(Cn1c(SCC(=O)Nc2ccc(Cl)cc2)nnc1-c1ccc(Cl)cc1)OC. The number of nitrogens with one attached hydrogen (secondary N) is 1. The minimum Gasteiger partial charge on any atom is -0.354 e. The van der Waals surface area contributed by atoms with Crippen molar-refractivity contribution in [3.63, 3.8) is 0 Å². The number of thioether (sulfide) groups is 1. The molecule has 0 radical (unpaired) electrons. The average molecular weight is 467 g/mol. The Bertz CT molecular complexity index is 977. The molecule has 0 unspecified atom stereocenters. The lowest BCUT2D eigenvalue weighted by molar-refractivity contribution is -0.113. The third-order valence-corrected chi connectivity index (χ3v) is 5.61. The van der Waals surface area contributed by atoms with Crippen molar-refractivity contribution in [3.05, 3.63) is 58.6 Å². The van der Waals surface area contributed by atoms with Crippen molar-refractivity contribution in [2.24, 2.45) is 0 Å². The van der Waals surface area contributed by atoms with Gasteiger partial charge in [0.15, 0.2) is 17.3 Å². The molecule has 3 aromatic rings. The normalized spacial score (nSPS) is 11.1. The Labute approximate surface area is 188 Å². The van der Waals surface area contributed by atoms with Crippen LogP contribution in [0.25, 0.3) is 11.4 Å². The third kappa shape index (κ3) is 5.96. The van der Waals surface area contributed by atoms with E-state index in [1.54, 1.807) is 50.6 Å². The van der Waals surface area contributed by atoms with Gasteiger partial charge in [-0.25, -0.2) is 0 Å². The van der Waals surface area contributed by atoms with Crippen molar-refractivity contribution in [2.45, 2.75) is 18.0 Å². The molecule has 2 aromatic carbocycles. The smallest absolute Gasteiger partial charge is 0.234 e. The molecule has 1 amide bonds. The molecule has 1 N–H and O–H groups in total. The maximum atomic E-state index is 12.3. The number of carbonyl (C=O) groups excluding carboxylic acids is 1. The number of aromatic nitrogens is 3. The van der Waals surface area contributed by atoms with Gasteiger partial charge in [-0.15, -0.1) is 10.2 Å². The van der Waals surface area contributed by atoms with E-state index in [0.29, 0.717) is 33.3 Å². The van der Waals surface area contributed by atoms with Crippen molar-refractivity contribution in [1.82, 2.24) is 14.8 Å². The second-order valence-corrected chi connectivity index (χ2v) is 7.98. The number of anilines is 1. The predicted molar refractivity (Wildman–Crippen MR) is 119 cm³/mol. The van der Waals surface area contributed by atoms with Gasteiger partial charge in [-0.1, -0.05) is 35.0 Å². The molecule has 3 rings (SSSR count). The van der Waals surface area contributed by atoms with Gasteiger partial charge in [-0.05, 0) is 48.5 Å². The van der Waals surface area contributed by atoms with Crippen LogP contribution in [0.2, 0.25) is 10.0 Å². The van der Waals surface area contributed by atoms with Gasteiger partial charge < -0.3 is 14.8 Å². The number of halogens is 2. The molecule has 0 saturated carbocycles. The van der Waals surface area contributed by atoms with E-state index in [1.807, 2.05) is 16.7 Å². The van der Waals surface area contributed by atoms with Crippen LogP contribution in [0.1, 0.15) is 0 Å². The summed E-state index contributed by atoms with van der Waals surface area (Å²) in [6, 6.07) is 14.2. The second-order valence-electron chi connectivity index (χ2n) is 6.17. The Morgan fingerprint density at radius 2 is 1.63 bits per heavy atom. The highest BCUT2D eigenvalue weighted by molar-refractivity contribution is 7.99. The number of carbonyl (C=O) groups is 1. The summed E-state index contributed by atoms with van der Waals surface area (Å²) in [5.74, 6) is 0.623. The Morgan fingerprint density at radius 3 is 2.23 bits per heavy atom. The minimum absolute atomic E-state index is 0.159. The Balaban J connectivity index is 1.76. The minimum atomic E-state index is -0.491. The van der Waals surface area contributed by atoms with Crippen molar-refractivity contribution in [1.29, 1.82) is 0 Å². The summed E-state index contributed by atoms with van der Waals surface area (Å²) in [4.78, 5) is 12.3. The van der Waals surface area contributed by atoms with Gasteiger partial charge >= 0.3 is 0 Å². The molecule has 1 heterocycles. The number of hydrogen-bond acceptors (Lipinski definition) is 6. The van der Waals surface area contributed by atoms with E-state index in [0.717, 1.165) is 5.56 Å². The summed E-state index contributed by atoms with van der Waals surface area (Å²) in [7, 11) is 3.12. The maximum Gasteiger partial charge on any atom is 0.234 e. The van der Waals surface area contributed by atoms with Crippen LogP contribution in [0.4, 0.5) is 5.69 Å². The molecular weight excluding hydrogens is 447 g/mol. The van der Waals surface area contributed by atoms with Crippen LogP contribution in [0.15, 0.2) is 53.7 Å². The van der Waals surface area contributed by atoms with E-state index >= 15 is 0 Å². The summed E-state index contributed by atoms with van der Waals surface area (Å²) in [6.07, 6.45) is -0.491. The second kappa shape index (κ2) is 10.8. The molecule has 0 aliphatic rings. The van der Waals surface area contributed by atoms with Crippen LogP contribution in [-0.2, 0) is 20.8 Å². The number of hydrogen-bond donors (Lipinski definition) is 1. The number of rotatable bonds is 9. The van der Waals surface area contributed by atoms with Crippen molar-refractivity contribution in [3.8, 4) is 11.4 Å². The van der Waals surface area contributed by atoms with Crippen molar-refractivity contribution < 1.29 is 14.3 Å². The molecule has 0 aliphatic carbocycles. The van der Waals surface area contributed by atoms with Crippen LogP contribution in [0.3, 0.4) is 0 Å². The molecule has 158 valence electrons. The quantitative estimate of drug-likeness (QED) is 0.366. The van der Waals surface area contributed by atoms with Crippen LogP contribution >= 0.6 is 35.0 Å².